The molecule has 2 aromatic rings. The SMILES string of the molecule is Cc1cc(N)cc(Cn2ccnc2)c1N. The second-order valence-corrected chi connectivity index (χ2v) is 3.65. The predicted octanol–water partition coefficient (Wildman–Crippen LogP) is 1.40. The van der Waals surface area contributed by atoms with Gasteiger partial charge >= 0.3 is 0 Å². The maximum atomic E-state index is 5.98. The zero-order chi connectivity index (χ0) is 10.8. The maximum Gasteiger partial charge on any atom is 0.0949 e. The molecule has 1 aromatic heterocycles. The van der Waals surface area contributed by atoms with Gasteiger partial charge in [0.2, 0.25) is 0 Å². The van der Waals surface area contributed by atoms with Crippen molar-refractivity contribution in [3.8, 4) is 0 Å². The molecule has 0 saturated heterocycles. The van der Waals surface area contributed by atoms with Crippen LogP contribution in [0.3, 0.4) is 0 Å². The smallest absolute Gasteiger partial charge is 0.0949 e. The third-order valence-electron chi connectivity index (χ3n) is 2.41. The number of nitrogens with zero attached hydrogens (tertiary/aromatic N) is 2. The Morgan fingerprint density at radius 1 is 1.33 bits per heavy atom. The molecule has 0 amide bonds. The van der Waals surface area contributed by atoms with E-state index in [1.54, 1.807) is 12.5 Å². The fourth-order valence-corrected chi connectivity index (χ4v) is 1.61. The Bertz CT molecular complexity index is 460. The van der Waals surface area contributed by atoms with Crippen molar-refractivity contribution in [2.24, 2.45) is 0 Å². The predicted molar refractivity (Wildman–Crippen MR) is 61.3 cm³/mol. The lowest BCUT2D eigenvalue weighted by Gasteiger charge is -2.10. The number of aryl methyl sites for hydroxylation is 1. The summed E-state index contributed by atoms with van der Waals surface area (Å²) in [5.41, 5.74) is 15.4. The first kappa shape index (κ1) is 9.58. The quantitative estimate of drug-likeness (QED) is 0.723. The average Bonchev–Trinajstić information content (AvgIpc) is 2.66. The van der Waals surface area contributed by atoms with Crippen LogP contribution in [0.2, 0.25) is 0 Å². The first-order valence-corrected chi connectivity index (χ1v) is 4.77. The molecule has 2 rings (SSSR count). The van der Waals surface area contributed by atoms with Gasteiger partial charge in [0.25, 0.3) is 0 Å². The van der Waals surface area contributed by atoms with Crippen molar-refractivity contribution in [3.63, 3.8) is 0 Å². The molecule has 0 fully saturated rings. The minimum Gasteiger partial charge on any atom is -0.399 e. The first-order valence-electron chi connectivity index (χ1n) is 4.77. The molecule has 0 atom stereocenters. The van der Waals surface area contributed by atoms with Crippen LogP contribution in [0.15, 0.2) is 30.9 Å². The monoisotopic (exact) mass is 202 g/mol. The summed E-state index contributed by atoms with van der Waals surface area (Å²) in [5, 5.41) is 0. The van der Waals surface area contributed by atoms with E-state index in [4.69, 9.17) is 11.5 Å². The number of nitrogens with two attached hydrogens (primary N) is 2. The van der Waals surface area contributed by atoms with E-state index in [2.05, 4.69) is 4.98 Å². The summed E-state index contributed by atoms with van der Waals surface area (Å²) in [4.78, 5) is 3.98. The highest BCUT2D eigenvalue weighted by Gasteiger charge is 2.04. The van der Waals surface area contributed by atoms with Gasteiger partial charge < -0.3 is 16.0 Å². The van der Waals surface area contributed by atoms with Gasteiger partial charge in [0.15, 0.2) is 0 Å². The highest BCUT2D eigenvalue weighted by atomic mass is 15.0. The largest absolute Gasteiger partial charge is 0.399 e. The van der Waals surface area contributed by atoms with Crippen molar-refractivity contribution in [1.82, 2.24) is 9.55 Å². The molecule has 0 unspecified atom stereocenters. The van der Waals surface area contributed by atoms with E-state index in [1.165, 1.54) is 0 Å². The van der Waals surface area contributed by atoms with Gasteiger partial charge in [0, 0.05) is 23.8 Å². The molecule has 1 heterocycles. The molecule has 0 radical (unpaired) electrons. The molecular formula is C11H14N4. The lowest BCUT2D eigenvalue weighted by molar-refractivity contribution is 0.799. The minimum atomic E-state index is 0.706. The molecule has 15 heavy (non-hydrogen) atoms. The third kappa shape index (κ3) is 1.93. The van der Waals surface area contributed by atoms with Crippen molar-refractivity contribution in [3.05, 3.63) is 42.0 Å². The van der Waals surface area contributed by atoms with Crippen LogP contribution in [-0.4, -0.2) is 9.55 Å². The van der Waals surface area contributed by atoms with Gasteiger partial charge in [-0.1, -0.05) is 0 Å². The van der Waals surface area contributed by atoms with E-state index in [9.17, 15) is 0 Å². The van der Waals surface area contributed by atoms with Crippen LogP contribution in [-0.2, 0) is 6.54 Å². The second kappa shape index (κ2) is 3.65. The van der Waals surface area contributed by atoms with E-state index in [0.29, 0.717) is 6.54 Å². The Kier molecular flexibility index (Phi) is 2.33. The molecular weight excluding hydrogens is 188 g/mol. The van der Waals surface area contributed by atoms with Gasteiger partial charge in [-0.05, 0) is 30.2 Å². The van der Waals surface area contributed by atoms with Gasteiger partial charge in [0.05, 0.1) is 12.9 Å². The second-order valence-electron chi connectivity index (χ2n) is 3.65. The van der Waals surface area contributed by atoms with E-state index in [0.717, 1.165) is 22.5 Å². The molecule has 0 bridgehead atoms. The number of nitrogen functional groups attached to an aromatic ring is 2. The van der Waals surface area contributed by atoms with Crippen LogP contribution < -0.4 is 11.5 Å². The van der Waals surface area contributed by atoms with Crippen LogP contribution in [0.4, 0.5) is 11.4 Å². The molecule has 0 saturated carbocycles. The number of hydrogen-bond acceptors (Lipinski definition) is 3. The minimum absolute atomic E-state index is 0.706. The van der Waals surface area contributed by atoms with Gasteiger partial charge in [-0.25, -0.2) is 4.98 Å². The fraction of sp³-hybridized carbons (Fsp3) is 0.182. The summed E-state index contributed by atoms with van der Waals surface area (Å²) in [6.07, 6.45) is 5.41. The third-order valence-corrected chi connectivity index (χ3v) is 2.41. The maximum absolute atomic E-state index is 5.98. The first-order chi connectivity index (χ1) is 7.16. The number of aromatic nitrogens is 2. The Morgan fingerprint density at radius 3 is 2.80 bits per heavy atom. The molecule has 4 heteroatoms. The van der Waals surface area contributed by atoms with Gasteiger partial charge in [-0.3, -0.25) is 0 Å². The highest BCUT2D eigenvalue weighted by molar-refractivity contribution is 5.60. The summed E-state index contributed by atoms with van der Waals surface area (Å²) in [6, 6.07) is 3.79. The van der Waals surface area contributed by atoms with E-state index >= 15 is 0 Å². The standard InChI is InChI=1S/C11H14N4/c1-8-4-10(12)5-9(11(8)13)6-15-3-2-14-7-15/h2-5,7H,6,12-13H2,1H3. The molecule has 0 spiro atoms. The lowest BCUT2D eigenvalue weighted by atomic mass is 10.1. The zero-order valence-corrected chi connectivity index (χ0v) is 8.64. The van der Waals surface area contributed by atoms with Crippen LogP contribution >= 0.6 is 0 Å². The highest BCUT2D eigenvalue weighted by Crippen LogP contribution is 2.21. The Hall–Kier alpha value is -1.97. The van der Waals surface area contributed by atoms with Crippen molar-refractivity contribution < 1.29 is 0 Å². The number of rotatable bonds is 2. The normalized spacial score (nSPS) is 10.5. The summed E-state index contributed by atoms with van der Waals surface area (Å²) in [5.74, 6) is 0. The molecule has 0 aliphatic rings. The van der Waals surface area contributed by atoms with Crippen LogP contribution in [0.25, 0.3) is 0 Å². The Balaban J connectivity index is 2.36. The molecule has 0 aliphatic carbocycles. The topological polar surface area (TPSA) is 69.9 Å². The average molecular weight is 202 g/mol. The van der Waals surface area contributed by atoms with Crippen molar-refractivity contribution >= 4 is 11.4 Å². The number of hydrogen-bond donors (Lipinski definition) is 2. The zero-order valence-electron chi connectivity index (χ0n) is 8.64. The summed E-state index contributed by atoms with van der Waals surface area (Å²) >= 11 is 0. The van der Waals surface area contributed by atoms with Crippen molar-refractivity contribution in [2.75, 3.05) is 11.5 Å². The van der Waals surface area contributed by atoms with E-state index < -0.39 is 0 Å². The lowest BCUT2D eigenvalue weighted by Crippen LogP contribution is -2.04. The Labute approximate surface area is 88.5 Å². The van der Waals surface area contributed by atoms with Crippen LogP contribution in [0, 0.1) is 6.92 Å². The number of anilines is 2. The van der Waals surface area contributed by atoms with Gasteiger partial charge in [-0.2, -0.15) is 0 Å². The number of imidazole rings is 1. The fourth-order valence-electron chi connectivity index (χ4n) is 1.61. The number of benzene rings is 1. The summed E-state index contributed by atoms with van der Waals surface area (Å²) in [6.45, 7) is 2.67. The molecule has 0 aliphatic heterocycles. The van der Waals surface area contributed by atoms with E-state index in [1.807, 2.05) is 29.8 Å². The molecule has 1 aromatic carbocycles. The molecule has 4 N–H and O–H groups in total. The van der Waals surface area contributed by atoms with Crippen molar-refractivity contribution in [2.45, 2.75) is 13.5 Å². The summed E-state index contributed by atoms with van der Waals surface area (Å²) in [7, 11) is 0. The summed E-state index contributed by atoms with van der Waals surface area (Å²) < 4.78 is 1.96. The van der Waals surface area contributed by atoms with Gasteiger partial charge in [0.1, 0.15) is 0 Å². The Morgan fingerprint density at radius 2 is 2.13 bits per heavy atom. The van der Waals surface area contributed by atoms with Crippen LogP contribution in [0.5, 0.6) is 0 Å². The van der Waals surface area contributed by atoms with Crippen LogP contribution in [0.1, 0.15) is 11.1 Å². The van der Waals surface area contributed by atoms with E-state index in [-0.39, 0.29) is 0 Å². The van der Waals surface area contributed by atoms with Gasteiger partial charge in [-0.15, -0.1) is 0 Å². The molecule has 4 nitrogen and oxygen atoms in total. The molecule has 78 valence electrons. The van der Waals surface area contributed by atoms with Crippen molar-refractivity contribution in [1.29, 1.82) is 0 Å².